The molecular formula is C21H20ClN3O4S. The van der Waals surface area contributed by atoms with E-state index in [4.69, 9.17) is 16.3 Å². The van der Waals surface area contributed by atoms with Gasteiger partial charge in [-0.05, 0) is 49.4 Å². The summed E-state index contributed by atoms with van der Waals surface area (Å²) in [5.74, 6) is -0.871. The number of benzene rings is 2. The lowest BCUT2D eigenvalue weighted by molar-refractivity contribution is -0.127. The van der Waals surface area contributed by atoms with Crippen molar-refractivity contribution >= 4 is 57.7 Å². The van der Waals surface area contributed by atoms with Crippen LogP contribution in [0.4, 0.5) is 11.4 Å². The fraction of sp³-hybridized carbons (Fsp3) is 0.238. The Balaban J connectivity index is 1.65. The number of anilines is 1. The van der Waals surface area contributed by atoms with E-state index in [2.05, 4.69) is 10.3 Å². The fourth-order valence-corrected chi connectivity index (χ4v) is 4.09. The van der Waals surface area contributed by atoms with Gasteiger partial charge in [0.05, 0.1) is 17.9 Å². The van der Waals surface area contributed by atoms with Gasteiger partial charge in [-0.15, -0.1) is 0 Å². The number of hydrogen-bond donors (Lipinski definition) is 1. The average molecular weight is 446 g/mol. The molecule has 0 saturated carbocycles. The van der Waals surface area contributed by atoms with E-state index in [9.17, 15) is 14.4 Å². The molecule has 0 aliphatic carbocycles. The van der Waals surface area contributed by atoms with Crippen LogP contribution in [-0.4, -0.2) is 46.8 Å². The number of carbonyl (C=O) groups excluding carboxylic acids is 3. The van der Waals surface area contributed by atoms with E-state index in [0.717, 1.165) is 0 Å². The summed E-state index contributed by atoms with van der Waals surface area (Å²) < 4.78 is 4.96. The molecule has 1 N–H and O–H groups in total. The molecule has 1 heterocycles. The number of esters is 1. The largest absolute Gasteiger partial charge is 0.462 e. The summed E-state index contributed by atoms with van der Waals surface area (Å²) in [7, 11) is 1.62. The Morgan fingerprint density at radius 2 is 1.97 bits per heavy atom. The molecule has 1 fully saturated rings. The van der Waals surface area contributed by atoms with Crippen molar-refractivity contribution in [3.8, 4) is 0 Å². The zero-order chi connectivity index (χ0) is 21.7. The van der Waals surface area contributed by atoms with Gasteiger partial charge in [-0.3, -0.25) is 14.5 Å². The van der Waals surface area contributed by atoms with E-state index in [1.54, 1.807) is 62.5 Å². The molecule has 2 aromatic carbocycles. The van der Waals surface area contributed by atoms with E-state index in [0.29, 0.717) is 33.7 Å². The van der Waals surface area contributed by atoms with Crippen LogP contribution in [0.15, 0.2) is 53.5 Å². The van der Waals surface area contributed by atoms with Gasteiger partial charge in [0.2, 0.25) is 11.8 Å². The Morgan fingerprint density at radius 1 is 1.23 bits per heavy atom. The summed E-state index contributed by atoms with van der Waals surface area (Å²) in [6.45, 7) is 2.05. The molecule has 30 heavy (non-hydrogen) atoms. The van der Waals surface area contributed by atoms with Gasteiger partial charge in [-0.2, -0.15) is 0 Å². The van der Waals surface area contributed by atoms with Crippen molar-refractivity contribution in [1.29, 1.82) is 0 Å². The number of amides is 2. The smallest absolute Gasteiger partial charge is 0.338 e. The zero-order valence-corrected chi connectivity index (χ0v) is 18.0. The van der Waals surface area contributed by atoms with Gasteiger partial charge in [0.15, 0.2) is 5.17 Å². The molecule has 0 bridgehead atoms. The standard InChI is InChI=1S/C21H20ClN3O4S/c1-3-29-20(28)13-7-9-15(10-8-13)24-21-25(2)19(27)17(30-21)12-18(26)23-16-6-4-5-14(22)11-16/h4-11,17H,3,12H2,1-2H3,(H,23,26)/t17-/m1/s1. The van der Waals surface area contributed by atoms with Crippen molar-refractivity contribution in [2.24, 2.45) is 4.99 Å². The third-order valence-electron chi connectivity index (χ3n) is 4.22. The van der Waals surface area contributed by atoms with Crippen LogP contribution in [0.5, 0.6) is 0 Å². The highest BCUT2D eigenvalue weighted by Gasteiger charge is 2.37. The first kappa shape index (κ1) is 21.9. The quantitative estimate of drug-likeness (QED) is 0.676. The maximum absolute atomic E-state index is 12.5. The Kier molecular flexibility index (Phi) is 7.12. The first-order chi connectivity index (χ1) is 14.4. The molecule has 0 unspecified atom stereocenters. The molecule has 1 aliphatic heterocycles. The number of nitrogens with zero attached hydrogens (tertiary/aromatic N) is 2. The second kappa shape index (κ2) is 9.77. The van der Waals surface area contributed by atoms with E-state index in [1.165, 1.54) is 16.7 Å². The number of hydrogen-bond acceptors (Lipinski definition) is 6. The molecule has 1 saturated heterocycles. The van der Waals surface area contributed by atoms with Gasteiger partial charge in [-0.25, -0.2) is 9.79 Å². The van der Waals surface area contributed by atoms with Gasteiger partial charge >= 0.3 is 5.97 Å². The molecule has 1 aliphatic rings. The maximum atomic E-state index is 12.5. The first-order valence-corrected chi connectivity index (χ1v) is 10.5. The zero-order valence-electron chi connectivity index (χ0n) is 16.4. The van der Waals surface area contributed by atoms with Crippen LogP contribution in [0.1, 0.15) is 23.7 Å². The van der Waals surface area contributed by atoms with Crippen molar-refractivity contribution in [2.75, 3.05) is 19.0 Å². The summed E-state index contributed by atoms with van der Waals surface area (Å²) >= 11 is 7.15. The number of amidine groups is 1. The highest BCUT2D eigenvalue weighted by Crippen LogP contribution is 2.31. The minimum Gasteiger partial charge on any atom is -0.462 e. The topological polar surface area (TPSA) is 88.1 Å². The summed E-state index contributed by atoms with van der Waals surface area (Å²) in [6, 6.07) is 13.4. The van der Waals surface area contributed by atoms with Crippen molar-refractivity contribution in [3.05, 3.63) is 59.1 Å². The van der Waals surface area contributed by atoms with Crippen molar-refractivity contribution in [1.82, 2.24) is 4.90 Å². The van der Waals surface area contributed by atoms with Crippen molar-refractivity contribution < 1.29 is 19.1 Å². The maximum Gasteiger partial charge on any atom is 0.338 e. The molecule has 3 rings (SSSR count). The SMILES string of the molecule is CCOC(=O)c1ccc(N=C2S[C@H](CC(=O)Nc3cccc(Cl)c3)C(=O)N2C)cc1. The van der Waals surface area contributed by atoms with E-state index in [1.807, 2.05) is 0 Å². The van der Waals surface area contributed by atoms with Crippen LogP contribution in [0.25, 0.3) is 0 Å². The Bertz CT molecular complexity index is 994. The number of aliphatic imine (C=N–C) groups is 1. The molecule has 2 amide bonds. The Labute approximate surface area is 183 Å². The fourth-order valence-electron chi connectivity index (χ4n) is 2.74. The highest BCUT2D eigenvalue weighted by atomic mass is 35.5. The molecule has 9 heteroatoms. The predicted molar refractivity (Wildman–Crippen MR) is 118 cm³/mol. The molecule has 1 atom stereocenters. The third kappa shape index (κ3) is 5.40. The minimum absolute atomic E-state index is 0.0150. The molecule has 0 radical (unpaired) electrons. The van der Waals surface area contributed by atoms with Crippen LogP contribution in [0, 0.1) is 0 Å². The van der Waals surface area contributed by atoms with Gasteiger partial charge in [0, 0.05) is 24.2 Å². The average Bonchev–Trinajstić information content (AvgIpc) is 2.96. The predicted octanol–water partition coefficient (Wildman–Crippen LogP) is 4.11. The number of rotatable bonds is 6. The molecule has 2 aromatic rings. The molecular weight excluding hydrogens is 426 g/mol. The number of halogens is 1. The van der Waals surface area contributed by atoms with Gasteiger partial charge in [0.25, 0.3) is 0 Å². The van der Waals surface area contributed by atoms with E-state index >= 15 is 0 Å². The number of thioether (sulfide) groups is 1. The second-order valence-electron chi connectivity index (χ2n) is 6.43. The molecule has 0 spiro atoms. The summed E-state index contributed by atoms with van der Waals surface area (Å²) in [5.41, 5.74) is 1.60. The second-order valence-corrected chi connectivity index (χ2v) is 8.03. The van der Waals surface area contributed by atoms with Crippen LogP contribution < -0.4 is 5.32 Å². The normalized spacial score (nSPS) is 17.3. The Hall–Kier alpha value is -2.84. The number of nitrogens with one attached hydrogen (secondary N) is 1. The van der Waals surface area contributed by atoms with Crippen LogP contribution in [0.3, 0.4) is 0 Å². The molecule has 0 aromatic heterocycles. The lowest BCUT2D eigenvalue weighted by Crippen LogP contribution is -2.30. The number of carbonyl (C=O) groups is 3. The third-order valence-corrected chi connectivity index (χ3v) is 5.69. The van der Waals surface area contributed by atoms with Gasteiger partial charge < -0.3 is 10.1 Å². The molecule has 7 nitrogen and oxygen atoms in total. The Morgan fingerprint density at radius 3 is 2.63 bits per heavy atom. The highest BCUT2D eigenvalue weighted by molar-refractivity contribution is 8.15. The van der Waals surface area contributed by atoms with Crippen LogP contribution in [-0.2, 0) is 14.3 Å². The van der Waals surface area contributed by atoms with Crippen LogP contribution in [0.2, 0.25) is 5.02 Å². The lowest BCUT2D eigenvalue weighted by atomic mass is 10.2. The first-order valence-electron chi connectivity index (χ1n) is 9.23. The summed E-state index contributed by atoms with van der Waals surface area (Å²) in [6.07, 6.45) is 0.0150. The van der Waals surface area contributed by atoms with E-state index < -0.39 is 11.2 Å². The van der Waals surface area contributed by atoms with Crippen LogP contribution >= 0.6 is 23.4 Å². The summed E-state index contributed by atoms with van der Waals surface area (Å²) in [5, 5.41) is 3.19. The van der Waals surface area contributed by atoms with Crippen molar-refractivity contribution in [2.45, 2.75) is 18.6 Å². The number of ether oxygens (including phenoxy) is 1. The minimum atomic E-state index is -0.563. The summed E-state index contributed by atoms with van der Waals surface area (Å²) in [4.78, 5) is 42.5. The molecule has 156 valence electrons. The lowest BCUT2D eigenvalue weighted by Gasteiger charge is -2.09. The van der Waals surface area contributed by atoms with Gasteiger partial charge in [-0.1, -0.05) is 29.4 Å². The van der Waals surface area contributed by atoms with Gasteiger partial charge in [0.1, 0.15) is 5.25 Å². The monoisotopic (exact) mass is 445 g/mol. The van der Waals surface area contributed by atoms with E-state index in [-0.39, 0.29) is 18.2 Å². The van der Waals surface area contributed by atoms with Crippen molar-refractivity contribution in [3.63, 3.8) is 0 Å².